The average Bonchev–Trinajstić information content (AvgIpc) is 3.31. The summed E-state index contributed by atoms with van der Waals surface area (Å²) in [6, 6.07) is 28.7. The van der Waals surface area contributed by atoms with E-state index in [-0.39, 0.29) is 35.8 Å². The number of hydrogen-bond acceptors (Lipinski definition) is 4. The van der Waals surface area contributed by atoms with Crippen LogP contribution >= 0.6 is 0 Å². The van der Waals surface area contributed by atoms with Gasteiger partial charge in [-0.15, -0.1) is 0 Å². The van der Waals surface area contributed by atoms with Crippen molar-refractivity contribution in [1.29, 1.82) is 0 Å². The first-order chi connectivity index (χ1) is 19.6. The van der Waals surface area contributed by atoms with E-state index in [1.54, 1.807) is 7.11 Å². The highest BCUT2D eigenvalue weighted by molar-refractivity contribution is 6.01. The van der Waals surface area contributed by atoms with Crippen molar-refractivity contribution in [2.45, 2.75) is 50.1 Å². The van der Waals surface area contributed by atoms with Gasteiger partial charge in [0.05, 0.1) is 7.11 Å². The zero-order valence-electron chi connectivity index (χ0n) is 22.7. The maximum Gasteiger partial charge on any atom is 0.410 e. The molecule has 2 atom stereocenters. The van der Waals surface area contributed by atoms with Crippen molar-refractivity contribution in [2.75, 3.05) is 13.7 Å². The highest BCUT2D eigenvalue weighted by Gasteiger charge is 2.44. The number of nitrogens with zero attached hydrogens (tertiary/aromatic N) is 1. The van der Waals surface area contributed by atoms with Gasteiger partial charge in [-0.3, -0.25) is 4.79 Å². The van der Waals surface area contributed by atoms with Crippen LogP contribution in [-0.2, 0) is 4.74 Å². The quantitative estimate of drug-likeness (QED) is 0.249. The second kappa shape index (κ2) is 10.1. The number of rotatable bonds is 5. The number of ketones is 1. The fraction of sp³-hybridized carbons (Fsp3) is 0.314. The van der Waals surface area contributed by atoms with E-state index in [1.165, 1.54) is 22.3 Å². The second-order valence-electron chi connectivity index (χ2n) is 11.4. The Bertz CT molecular complexity index is 1550. The molecule has 202 valence electrons. The molecule has 7 rings (SSSR count). The van der Waals surface area contributed by atoms with Crippen LogP contribution in [0.1, 0.15) is 59.5 Å². The van der Waals surface area contributed by atoms with Crippen molar-refractivity contribution in [3.8, 4) is 16.9 Å². The molecular weight excluding hydrogens is 498 g/mol. The molecule has 2 aliphatic heterocycles. The van der Waals surface area contributed by atoms with Gasteiger partial charge in [0.15, 0.2) is 5.78 Å². The summed E-state index contributed by atoms with van der Waals surface area (Å²) in [4.78, 5) is 29.2. The molecule has 2 heterocycles. The van der Waals surface area contributed by atoms with Gasteiger partial charge < -0.3 is 14.4 Å². The standard InChI is InChI=1S/C35H33NO4/c1-39-28-16-15-22-17-24(14-13-23(22)20-28)34(37)25-18-26-7-6-8-27(19-25)36(26)35(38)40-21-33-31-11-4-2-9-29(31)30-10-3-5-12-32(30)33/h2-5,9-17,20,25-27,33H,6-8,18-19,21H2,1H3. The molecular formula is C35H33NO4. The first-order valence-corrected chi connectivity index (χ1v) is 14.4. The van der Waals surface area contributed by atoms with Gasteiger partial charge in [-0.05, 0) is 83.3 Å². The zero-order chi connectivity index (χ0) is 27.2. The SMILES string of the molecule is COc1ccc2cc(C(=O)C3CC4CCCC(C3)N4C(=O)OCC3c4ccccc4-c4ccccc43)ccc2c1. The number of Topliss-reactive ketones (excluding diaryl/α,β-unsaturated/α-hetero) is 1. The molecule has 2 unspecified atom stereocenters. The van der Waals surface area contributed by atoms with E-state index >= 15 is 0 Å². The average molecular weight is 532 g/mol. The van der Waals surface area contributed by atoms with E-state index in [0.717, 1.165) is 41.3 Å². The third-order valence-corrected chi connectivity index (χ3v) is 9.22. The normalized spacial score (nSPS) is 21.5. The van der Waals surface area contributed by atoms with E-state index in [0.29, 0.717) is 19.4 Å². The summed E-state index contributed by atoms with van der Waals surface area (Å²) in [6.07, 6.45) is 4.08. The predicted molar refractivity (Wildman–Crippen MR) is 156 cm³/mol. The summed E-state index contributed by atoms with van der Waals surface area (Å²) in [6.45, 7) is 0.326. The number of methoxy groups -OCH3 is 1. The van der Waals surface area contributed by atoms with Crippen molar-refractivity contribution < 1.29 is 19.1 Å². The van der Waals surface area contributed by atoms with Crippen LogP contribution < -0.4 is 4.74 Å². The largest absolute Gasteiger partial charge is 0.497 e. The lowest BCUT2D eigenvalue weighted by molar-refractivity contribution is 0.00651. The molecule has 3 aliphatic rings. The number of ether oxygens (including phenoxy) is 2. The Hall–Kier alpha value is -4.12. The summed E-state index contributed by atoms with van der Waals surface area (Å²) < 4.78 is 11.4. The van der Waals surface area contributed by atoms with Crippen molar-refractivity contribution in [3.05, 3.63) is 102 Å². The van der Waals surface area contributed by atoms with Crippen LogP contribution in [0.15, 0.2) is 84.9 Å². The van der Waals surface area contributed by atoms with Crippen molar-refractivity contribution in [2.24, 2.45) is 5.92 Å². The molecule has 0 N–H and O–H groups in total. The zero-order valence-corrected chi connectivity index (χ0v) is 22.7. The molecule has 0 spiro atoms. The third-order valence-electron chi connectivity index (χ3n) is 9.22. The minimum Gasteiger partial charge on any atom is -0.497 e. The van der Waals surface area contributed by atoms with Crippen molar-refractivity contribution >= 4 is 22.6 Å². The summed E-state index contributed by atoms with van der Waals surface area (Å²) in [7, 11) is 1.66. The Morgan fingerprint density at radius 2 is 1.43 bits per heavy atom. The molecule has 40 heavy (non-hydrogen) atoms. The van der Waals surface area contributed by atoms with Crippen LogP contribution in [0, 0.1) is 5.92 Å². The first-order valence-electron chi connectivity index (χ1n) is 14.4. The van der Waals surface area contributed by atoms with Crippen LogP contribution in [0.4, 0.5) is 4.79 Å². The number of carbonyl (C=O) groups excluding carboxylic acids is 2. The van der Waals surface area contributed by atoms with E-state index in [1.807, 2.05) is 41.3 Å². The molecule has 4 aromatic rings. The van der Waals surface area contributed by atoms with Crippen LogP contribution in [0.2, 0.25) is 0 Å². The minimum absolute atomic E-state index is 0.0434. The summed E-state index contributed by atoms with van der Waals surface area (Å²) in [5.74, 6) is 0.952. The van der Waals surface area contributed by atoms with Crippen LogP contribution in [0.3, 0.4) is 0 Å². The maximum absolute atomic E-state index is 13.6. The summed E-state index contributed by atoms with van der Waals surface area (Å²) >= 11 is 0. The maximum atomic E-state index is 13.6. The Morgan fingerprint density at radius 1 is 0.800 bits per heavy atom. The lowest BCUT2D eigenvalue weighted by Crippen LogP contribution is -2.55. The molecule has 2 fully saturated rings. The van der Waals surface area contributed by atoms with Crippen molar-refractivity contribution in [1.82, 2.24) is 4.90 Å². The van der Waals surface area contributed by atoms with Crippen LogP contribution in [-0.4, -0.2) is 42.6 Å². The monoisotopic (exact) mass is 531 g/mol. The Kier molecular flexibility index (Phi) is 6.30. The third kappa shape index (κ3) is 4.25. The molecule has 2 bridgehead atoms. The fourth-order valence-corrected chi connectivity index (χ4v) is 7.30. The Morgan fingerprint density at radius 3 is 2.10 bits per heavy atom. The van der Waals surface area contributed by atoms with E-state index in [2.05, 4.69) is 48.5 Å². The summed E-state index contributed by atoms with van der Waals surface area (Å²) in [5.41, 5.74) is 5.63. The molecule has 2 saturated heterocycles. The van der Waals surface area contributed by atoms with Gasteiger partial charge in [0, 0.05) is 29.5 Å². The number of benzene rings is 4. The van der Waals surface area contributed by atoms with Crippen molar-refractivity contribution in [3.63, 3.8) is 0 Å². The van der Waals surface area contributed by atoms with Gasteiger partial charge in [-0.25, -0.2) is 4.79 Å². The van der Waals surface area contributed by atoms with E-state index < -0.39 is 0 Å². The minimum atomic E-state index is -0.234. The number of amides is 1. The number of hydrogen-bond donors (Lipinski definition) is 0. The van der Waals surface area contributed by atoms with Gasteiger partial charge in [-0.2, -0.15) is 0 Å². The molecule has 4 aromatic carbocycles. The molecule has 0 aromatic heterocycles. The molecule has 0 radical (unpaired) electrons. The summed E-state index contributed by atoms with van der Waals surface area (Å²) in [5, 5.41) is 2.08. The fourth-order valence-electron chi connectivity index (χ4n) is 7.30. The Balaban J connectivity index is 1.06. The Labute approximate surface area is 234 Å². The molecule has 5 nitrogen and oxygen atoms in total. The number of piperidine rings is 2. The van der Waals surface area contributed by atoms with Gasteiger partial charge in [0.25, 0.3) is 0 Å². The van der Waals surface area contributed by atoms with Crippen LogP contribution in [0.25, 0.3) is 21.9 Å². The van der Waals surface area contributed by atoms with E-state index in [4.69, 9.17) is 9.47 Å². The first kappa shape index (κ1) is 24.9. The van der Waals surface area contributed by atoms with Gasteiger partial charge in [0.1, 0.15) is 12.4 Å². The highest BCUT2D eigenvalue weighted by atomic mass is 16.6. The molecule has 1 aliphatic carbocycles. The lowest BCUT2D eigenvalue weighted by Gasteiger charge is -2.47. The topological polar surface area (TPSA) is 55.8 Å². The van der Waals surface area contributed by atoms with E-state index in [9.17, 15) is 9.59 Å². The molecule has 0 saturated carbocycles. The highest BCUT2D eigenvalue weighted by Crippen LogP contribution is 2.45. The van der Waals surface area contributed by atoms with Gasteiger partial charge in [-0.1, -0.05) is 66.7 Å². The van der Waals surface area contributed by atoms with Gasteiger partial charge >= 0.3 is 6.09 Å². The number of carbonyl (C=O) groups is 2. The number of fused-ring (bicyclic) bond motifs is 6. The predicted octanol–water partition coefficient (Wildman–Crippen LogP) is 7.61. The smallest absolute Gasteiger partial charge is 0.410 e. The molecule has 5 heteroatoms. The second-order valence-corrected chi connectivity index (χ2v) is 11.4. The van der Waals surface area contributed by atoms with Crippen LogP contribution in [0.5, 0.6) is 5.75 Å². The molecule has 1 amide bonds. The lowest BCUT2D eigenvalue weighted by atomic mass is 9.75. The van der Waals surface area contributed by atoms with Gasteiger partial charge in [0.2, 0.25) is 0 Å².